The number of morpholine rings is 1. The summed E-state index contributed by atoms with van der Waals surface area (Å²) in [5.41, 5.74) is 1.40. The lowest BCUT2D eigenvalue weighted by Crippen LogP contribution is -2.51. The van der Waals surface area contributed by atoms with Gasteiger partial charge in [-0.2, -0.15) is 11.3 Å². The average molecular weight is 316 g/mol. The van der Waals surface area contributed by atoms with Crippen LogP contribution in [0.2, 0.25) is 0 Å². The van der Waals surface area contributed by atoms with Gasteiger partial charge in [0.15, 0.2) is 0 Å². The van der Waals surface area contributed by atoms with E-state index >= 15 is 0 Å². The van der Waals surface area contributed by atoms with Crippen molar-refractivity contribution in [3.63, 3.8) is 0 Å². The fourth-order valence-electron chi connectivity index (χ4n) is 3.52. The van der Waals surface area contributed by atoms with Crippen LogP contribution in [0.5, 0.6) is 5.75 Å². The van der Waals surface area contributed by atoms with E-state index in [4.69, 9.17) is 9.47 Å². The van der Waals surface area contributed by atoms with E-state index in [1.165, 1.54) is 5.56 Å². The minimum atomic E-state index is 0.138. The molecule has 1 saturated heterocycles. The van der Waals surface area contributed by atoms with E-state index in [1.54, 1.807) is 23.7 Å². The van der Waals surface area contributed by atoms with Crippen molar-refractivity contribution in [2.45, 2.75) is 37.6 Å². The highest BCUT2D eigenvalue weighted by molar-refractivity contribution is 7.07. The lowest BCUT2D eigenvalue weighted by Gasteiger charge is -2.38. The molecule has 3 atom stereocenters. The van der Waals surface area contributed by atoms with Crippen LogP contribution in [0.3, 0.4) is 0 Å². The molecule has 22 heavy (non-hydrogen) atoms. The minimum Gasteiger partial charge on any atom is -0.486 e. The van der Waals surface area contributed by atoms with Gasteiger partial charge in [0.1, 0.15) is 18.0 Å². The predicted molar refractivity (Wildman–Crippen MR) is 86.1 cm³/mol. The van der Waals surface area contributed by atoms with Crippen LogP contribution in [-0.4, -0.2) is 41.3 Å². The second kappa shape index (κ2) is 6.36. The number of hydrogen-bond donors (Lipinski definition) is 0. The van der Waals surface area contributed by atoms with Crippen LogP contribution < -0.4 is 4.74 Å². The van der Waals surface area contributed by atoms with E-state index in [-0.39, 0.29) is 12.2 Å². The number of aromatic nitrogens is 1. The van der Waals surface area contributed by atoms with E-state index < -0.39 is 0 Å². The molecule has 0 aromatic carbocycles. The van der Waals surface area contributed by atoms with E-state index in [1.807, 2.05) is 12.1 Å². The number of pyridine rings is 1. The molecule has 1 saturated carbocycles. The first-order chi connectivity index (χ1) is 10.9. The zero-order valence-electron chi connectivity index (χ0n) is 12.4. The van der Waals surface area contributed by atoms with E-state index in [9.17, 15) is 0 Å². The van der Waals surface area contributed by atoms with Gasteiger partial charge in [0.05, 0.1) is 12.8 Å². The summed E-state index contributed by atoms with van der Waals surface area (Å²) in [6.07, 6.45) is 6.04. The average Bonchev–Trinajstić information content (AvgIpc) is 3.19. The Morgan fingerprint density at radius 2 is 2.36 bits per heavy atom. The maximum Gasteiger partial charge on any atom is 0.138 e. The molecular weight excluding hydrogens is 296 g/mol. The Kier molecular flexibility index (Phi) is 4.10. The summed E-state index contributed by atoms with van der Waals surface area (Å²) in [6, 6.07) is 6.56. The van der Waals surface area contributed by atoms with Gasteiger partial charge in [0.25, 0.3) is 0 Å². The highest BCUT2D eigenvalue weighted by Crippen LogP contribution is 2.33. The van der Waals surface area contributed by atoms with Crippen LogP contribution >= 0.6 is 11.3 Å². The van der Waals surface area contributed by atoms with Gasteiger partial charge in [-0.25, -0.2) is 0 Å². The van der Waals surface area contributed by atoms with Gasteiger partial charge in [-0.05, 0) is 47.4 Å². The Morgan fingerprint density at radius 1 is 1.36 bits per heavy atom. The number of fused-ring (bicyclic) bond motifs is 1. The number of thiophene rings is 1. The summed E-state index contributed by atoms with van der Waals surface area (Å²) >= 11 is 1.77. The van der Waals surface area contributed by atoms with E-state index in [0.29, 0.717) is 6.04 Å². The first-order valence-electron chi connectivity index (χ1n) is 7.83. The van der Waals surface area contributed by atoms with Crippen molar-refractivity contribution in [3.05, 3.63) is 46.9 Å². The third kappa shape index (κ3) is 2.89. The molecule has 0 spiro atoms. The van der Waals surface area contributed by atoms with Crippen molar-refractivity contribution in [2.75, 3.05) is 13.2 Å². The molecule has 2 aliphatic rings. The topological polar surface area (TPSA) is 34.6 Å². The van der Waals surface area contributed by atoms with Crippen LogP contribution in [0.1, 0.15) is 18.4 Å². The zero-order valence-corrected chi connectivity index (χ0v) is 13.2. The quantitative estimate of drug-likeness (QED) is 0.868. The fraction of sp³-hybridized carbons (Fsp3) is 0.471. The number of hydrogen-bond acceptors (Lipinski definition) is 5. The smallest absolute Gasteiger partial charge is 0.138 e. The molecule has 1 aliphatic carbocycles. The van der Waals surface area contributed by atoms with Crippen molar-refractivity contribution < 1.29 is 9.47 Å². The Hall–Kier alpha value is -1.43. The zero-order chi connectivity index (χ0) is 14.8. The summed E-state index contributed by atoms with van der Waals surface area (Å²) in [6.45, 7) is 2.82. The third-order valence-electron chi connectivity index (χ3n) is 4.54. The normalized spacial score (nSPS) is 28.5. The summed E-state index contributed by atoms with van der Waals surface area (Å²) in [4.78, 5) is 6.68. The Balaban J connectivity index is 1.44. The molecule has 0 radical (unpaired) electrons. The molecule has 1 aliphatic heterocycles. The molecule has 4 nitrogen and oxygen atoms in total. The molecule has 3 heterocycles. The number of rotatable bonds is 4. The SMILES string of the molecule is c1cncc(O[C@@H]2CC[C@H]3[C@H]2OCCN3Cc2ccsc2)c1. The maximum absolute atomic E-state index is 6.12. The number of nitrogens with zero attached hydrogens (tertiary/aromatic N) is 2. The van der Waals surface area contributed by atoms with Crippen molar-refractivity contribution in [1.29, 1.82) is 0 Å². The van der Waals surface area contributed by atoms with Gasteiger partial charge < -0.3 is 9.47 Å². The van der Waals surface area contributed by atoms with Gasteiger partial charge in [-0.3, -0.25) is 9.88 Å². The van der Waals surface area contributed by atoms with Crippen LogP contribution in [0.4, 0.5) is 0 Å². The third-order valence-corrected chi connectivity index (χ3v) is 5.27. The molecule has 2 fully saturated rings. The van der Waals surface area contributed by atoms with Gasteiger partial charge in [-0.1, -0.05) is 0 Å². The Labute approximate surface area is 134 Å². The van der Waals surface area contributed by atoms with Crippen molar-refractivity contribution in [2.24, 2.45) is 0 Å². The summed E-state index contributed by atoms with van der Waals surface area (Å²) in [5, 5.41) is 4.39. The first-order valence-corrected chi connectivity index (χ1v) is 8.78. The molecule has 4 rings (SSSR count). The molecule has 0 N–H and O–H groups in total. The first kappa shape index (κ1) is 14.2. The molecule has 2 aromatic rings. The number of ether oxygens (including phenoxy) is 2. The van der Waals surface area contributed by atoms with Crippen molar-refractivity contribution in [3.8, 4) is 5.75 Å². The maximum atomic E-state index is 6.12. The molecular formula is C17H20N2O2S. The molecule has 116 valence electrons. The predicted octanol–water partition coefficient (Wildman–Crippen LogP) is 2.95. The van der Waals surface area contributed by atoms with Crippen LogP contribution in [0, 0.1) is 0 Å². The Bertz CT molecular complexity index is 590. The molecule has 5 heteroatoms. The Morgan fingerprint density at radius 3 is 3.18 bits per heavy atom. The minimum absolute atomic E-state index is 0.138. The molecule has 0 amide bonds. The lowest BCUT2D eigenvalue weighted by molar-refractivity contribution is -0.0916. The van der Waals surface area contributed by atoms with Gasteiger partial charge in [0, 0.05) is 25.3 Å². The standard InChI is InChI=1S/C17H20N2O2S/c1-2-14(10-18-6-1)21-16-4-3-15-17(16)20-8-7-19(15)11-13-5-9-22-12-13/h1-2,5-6,9-10,12,15-17H,3-4,7-8,11H2/t15-,16+,17+/m0/s1. The summed E-state index contributed by atoms with van der Waals surface area (Å²) < 4.78 is 12.2. The van der Waals surface area contributed by atoms with Crippen LogP contribution in [-0.2, 0) is 11.3 Å². The van der Waals surface area contributed by atoms with Crippen LogP contribution in [0.25, 0.3) is 0 Å². The summed E-state index contributed by atoms with van der Waals surface area (Å²) in [7, 11) is 0. The molecule has 0 bridgehead atoms. The van der Waals surface area contributed by atoms with E-state index in [0.717, 1.165) is 38.3 Å². The highest BCUT2D eigenvalue weighted by Gasteiger charge is 2.44. The van der Waals surface area contributed by atoms with Gasteiger partial charge in [-0.15, -0.1) is 0 Å². The van der Waals surface area contributed by atoms with Gasteiger partial charge in [0.2, 0.25) is 0 Å². The van der Waals surface area contributed by atoms with E-state index in [2.05, 4.69) is 26.7 Å². The highest BCUT2D eigenvalue weighted by atomic mass is 32.1. The largest absolute Gasteiger partial charge is 0.486 e. The van der Waals surface area contributed by atoms with Crippen LogP contribution in [0.15, 0.2) is 41.4 Å². The second-order valence-electron chi connectivity index (χ2n) is 5.93. The lowest BCUT2D eigenvalue weighted by atomic mass is 10.1. The second-order valence-corrected chi connectivity index (χ2v) is 6.71. The monoisotopic (exact) mass is 316 g/mol. The molecule has 2 aromatic heterocycles. The summed E-state index contributed by atoms with van der Waals surface area (Å²) in [5.74, 6) is 0.840. The van der Waals surface area contributed by atoms with Crippen molar-refractivity contribution in [1.82, 2.24) is 9.88 Å². The van der Waals surface area contributed by atoms with Crippen molar-refractivity contribution >= 4 is 11.3 Å². The fourth-order valence-corrected chi connectivity index (χ4v) is 4.18. The molecule has 0 unspecified atom stereocenters. The van der Waals surface area contributed by atoms with Gasteiger partial charge >= 0.3 is 0 Å².